The van der Waals surface area contributed by atoms with Gasteiger partial charge in [0.05, 0.1) is 0 Å². The molecule has 0 unspecified atom stereocenters. The first-order valence-corrected chi connectivity index (χ1v) is 38.1. The molecular weight excluding hydrogens is 781 g/mol. The molecule has 57 heavy (non-hydrogen) atoms. The molecule has 0 rings (SSSR count). The standard InChI is InChI=1S/C48H108O4Si5/c1-13-25-37-53(38-26-14-2,39-27-15-3)49-57(50-54(40-28-16-4,41-29-17-5)42-30-18-6,51-55(43-31-19-7,44-32-20-8)45-33-21-9)52-56(46-34-22-10,47-35-23-11)48-36-24-12/h13-48H2,1-12H3. The molecule has 0 aliphatic heterocycles. The van der Waals surface area contributed by atoms with Gasteiger partial charge in [-0.25, -0.2) is 0 Å². The summed E-state index contributed by atoms with van der Waals surface area (Å²) in [6, 6.07) is 15.0. The molecule has 4 nitrogen and oxygen atoms in total. The molecule has 9 heteroatoms. The molecule has 0 aromatic carbocycles. The van der Waals surface area contributed by atoms with Crippen molar-refractivity contribution >= 4 is 42.3 Å². The van der Waals surface area contributed by atoms with E-state index in [2.05, 4.69) is 83.1 Å². The Hall–Kier alpha value is 0.924. The van der Waals surface area contributed by atoms with Gasteiger partial charge in [-0.15, -0.1) is 0 Å². The van der Waals surface area contributed by atoms with Crippen molar-refractivity contribution in [3.8, 4) is 0 Å². The van der Waals surface area contributed by atoms with E-state index in [0.29, 0.717) is 0 Å². The first kappa shape index (κ1) is 57.9. The Morgan fingerprint density at radius 1 is 0.193 bits per heavy atom. The molecule has 0 radical (unpaired) electrons. The van der Waals surface area contributed by atoms with E-state index in [4.69, 9.17) is 16.5 Å². The summed E-state index contributed by atoms with van der Waals surface area (Å²) in [6.45, 7) is 28.9. The minimum atomic E-state index is -3.69. The van der Waals surface area contributed by atoms with E-state index in [1.54, 1.807) is 0 Å². The van der Waals surface area contributed by atoms with Gasteiger partial charge in [0.25, 0.3) is 0 Å². The summed E-state index contributed by atoms with van der Waals surface area (Å²) < 4.78 is 34.5. The summed E-state index contributed by atoms with van der Waals surface area (Å²) in [6.07, 6.45) is 30.0. The van der Waals surface area contributed by atoms with Crippen LogP contribution in [-0.2, 0) is 16.5 Å². The zero-order valence-corrected chi connectivity index (χ0v) is 46.6. The second-order valence-corrected chi connectivity index (χ2v) is 38.6. The fraction of sp³-hybridized carbons (Fsp3) is 1.00. The Balaban J connectivity index is 8.83. The van der Waals surface area contributed by atoms with Crippen LogP contribution in [0, 0.1) is 0 Å². The zero-order valence-electron chi connectivity index (χ0n) is 41.6. The van der Waals surface area contributed by atoms with Crippen LogP contribution in [0.1, 0.15) is 237 Å². The van der Waals surface area contributed by atoms with Gasteiger partial charge in [-0.3, -0.25) is 0 Å². The molecule has 0 fully saturated rings. The largest absolute Gasteiger partial charge is 0.637 e. The van der Waals surface area contributed by atoms with Crippen molar-refractivity contribution in [2.75, 3.05) is 0 Å². The van der Waals surface area contributed by atoms with Gasteiger partial charge in [0.2, 0.25) is 0 Å². The fourth-order valence-corrected chi connectivity index (χ4v) is 40.9. The van der Waals surface area contributed by atoms with E-state index in [1.807, 2.05) is 0 Å². The summed E-state index contributed by atoms with van der Waals surface area (Å²) in [5.74, 6) is 0. The predicted octanol–water partition coefficient (Wildman–Crippen LogP) is 18.9. The predicted molar refractivity (Wildman–Crippen MR) is 270 cm³/mol. The highest BCUT2D eigenvalue weighted by atomic mass is 28.5. The summed E-state index contributed by atoms with van der Waals surface area (Å²) >= 11 is 0. The third kappa shape index (κ3) is 23.8. The molecule has 0 aliphatic carbocycles. The van der Waals surface area contributed by atoms with Crippen molar-refractivity contribution in [3.63, 3.8) is 0 Å². The molecule has 0 saturated heterocycles. The van der Waals surface area contributed by atoms with Gasteiger partial charge >= 0.3 is 9.05 Å². The normalized spacial score (nSPS) is 13.3. The van der Waals surface area contributed by atoms with Crippen LogP contribution in [-0.4, -0.2) is 42.3 Å². The van der Waals surface area contributed by atoms with Crippen LogP contribution < -0.4 is 0 Å². The maximum atomic E-state index is 8.63. The van der Waals surface area contributed by atoms with Gasteiger partial charge in [0.15, 0.2) is 33.3 Å². The molecule has 0 saturated carbocycles. The lowest BCUT2D eigenvalue weighted by Gasteiger charge is -2.51. The SMILES string of the molecule is CCCC[Si](CCCC)(CCCC)O[Si](O[Si](CCCC)(CCCC)CCCC)(O[Si](CCCC)(CCCC)CCCC)O[Si](CCCC)(CCCC)CCCC. The monoisotopic (exact) mass is 889 g/mol. The lowest BCUT2D eigenvalue weighted by atomic mass is 10.4. The quantitative estimate of drug-likeness (QED) is 0.0571. The van der Waals surface area contributed by atoms with Gasteiger partial charge in [-0.2, -0.15) is 0 Å². The van der Waals surface area contributed by atoms with Crippen LogP contribution in [0.15, 0.2) is 0 Å². The van der Waals surface area contributed by atoms with E-state index >= 15 is 0 Å². The Morgan fingerprint density at radius 3 is 0.386 bits per heavy atom. The Kier molecular flexibility index (Phi) is 36.0. The topological polar surface area (TPSA) is 36.9 Å². The van der Waals surface area contributed by atoms with E-state index in [0.717, 1.165) is 0 Å². The smallest absolute Gasteiger partial charge is 0.395 e. The summed E-state index contributed by atoms with van der Waals surface area (Å²) in [4.78, 5) is 0. The van der Waals surface area contributed by atoms with Crippen LogP contribution in [0.25, 0.3) is 0 Å². The minimum absolute atomic E-state index is 1.24. The minimum Gasteiger partial charge on any atom is -0.395 e. The molecule has 0 spiro atoms. The zero-order chi connectivity index (χ0) is 42.8. The van der Waals surface area contributed by atoms with Crippen molar-refractivity contribution in [1.82, 2.24) is 0 Å². The van der Waals surface area contributed by atoms with Crippen molar-refractivity contribution < 1.29 is 16.5 Å². The lowest BCUT2D eigenvalue weighted by Crippen LogP contribution is -2.69. The van der Waals surface area contributed by atoms with Gasteiger partial charge < -0.3 is 16.5 Å². The fourth-order valence-electron chi connectivity index (χ4n) is 9.29. The van der Waals surface area contributed by atoms with Crippen LogP contribution >= 0.6 is 0 Å². The van der Waals surface area contributed by atoms with E-state index in [-0.39, 0.29) is 0 Å². The van der Waals surface area contributed by atoms with Crippen molar-refractivity contribution in [1.29, 1.82) is 0 Å². The van der Waals surface area contributed by atoms with Crippen molar-refractivity contribution in [2.45, 2.75) is 310 Å². The average molecular weight is 890 g/mol. The highest BCUT2D eigenvalue weighted by Gasteiger charge is 2.62. The number of unbranched alkanes of at least 4 members (excludes halogenated alkanes) is 12. The Labute approximate surface area is 366 Å². The molecule has 0 aromatic heterocycles. The van der Waals surface area contributed by atoms with Crippen molar-refractivity contribution in [3.05, 3.63) is 0 Å². The summed E-state index contributed by atoms with van der Waals surface area (Å²) in [5.41, 5.74) is 0. The maximum absolute atomic E-state index is 8.63. The lowest BCUT2D eigenvalue weighted by molar-refractivity contribution is 0.135. The van der Waals surface area contributed by atoms with E-state index in [1.165, 1.54) is 227 Å². The number of rotatable bonds is 44. The first-order valence-electron chi connectivity index (χ1n) is 26.4. The van der Waals surface area contributed by atoms with Crippen LogP contribution in [0.4, 0.5) is 0 Å². The van der Waals surface area contributed by atoms with Crippen molar-refractivity contribution in [2.24, 2.45) is 0 Å². The third-order valence-electron chi connectivity index (χ3n) is 13.2. The van der Waals surface area contributed by atoms with Crippen LogP contribution in [0.3, 0.4) is 0 Å². The van der Waals surface area contributed by atoms with Crippen LogP contribution in [0.5, 0.6) is 0 Å². The second-order valence-electron chi connectivity index (χ2n) is 18.9. The molecular formula is C48H108O4Si5. The van der Waals surface area contributed by atoms with Gasteiger partial charge in [0, 0.05) is 0 Å². The molecule has 0 atom stereocenters. The molecule has 0 bridgehead atoms. The molecule has 0 aromatic rings. The number of hydrogen-bond donors (Lipinski definition) is 0. The average Bonchev–Trinajstić information content (AvgIpc) is 3.22. The summed E-state index contributed by atoms with van der Waals surface area (Å²) in [7, 11) is -13.0. The molecule has 0 heterocycles. The maximum Gasteiger partial charge on any atom is 0.637 e. The van der Waals surface area contributed by atoms with Gasteiger partial charge in [0.1, 0.15) is 0 Å². The van der Waals surface area contributed by atoms with E-state index in [9.17, 15) is 0 Å². The highest BCUT2D eigenvalue weighted by molar-refractivity contribution is 6.93. The molecule has 0 aliphatic rings. The number of hydrogen-bond acceptors (Lipinski definition) is 4. The summed E-state index contributed by atoms with van der Waals surface area (Å²) in [5, 5.41) is 0. The Morgan fingerprint density at radius 2 is 0.298 bits per heavy atom. The molecule has 0 amide bonds. The Bertz CT molecular complexity index is 664. The van der Waals surface area contributed by atoms with Gasteiger partial charge in [-0.1, -0.05) is 237 Å². The molecule has 344 valence electrons. The highest BCUT2D eigenvalue weighted by Crippen LogP contribution is 2.45. The molecule has 0 N–H and O–H groups in total. The van der Waals surface area contributed by atoms with Crippen LogP contribution in [0.2, 0.25) is 72.5 Å². The first-order chi connectivity index (χ1) is 27.6. The second kappa shape index (κ2) is 35.4. The third-order valence-corrected chi connectivity index (χ3v) is 39.3. The van der Waals surface area contributed by atoms with Gasteiger partial charge in [-0.05, 0) is 72.5 Å². The van der Waals surface area contributed by atoms with E-state index < -0.39 is 42.3 Å².